The molecule has 114 valence electrons. The lowest BCUT2D eigenvalue weighted by Gasteiger charge is -2.15. The summed E-state index contributed by atoms with van der Waals surface area (Å²) in [7, 11) is 1.28. The van der Waals surface area contributed by atoms with E-state index in [4.69, 9.17) is 14.2 Å². The fourth-order valence-corrected chi connectivity index (χ4v) is 2.82. The second-order valence-electron chi connectivity index (χ2n) is 4.15. The number of nitrogens with one attached hydrogen (secondary N) is 1. The van der Waals surface area contributed by atoms with Crippen molar-refractivity contribution in [3.8, 4) is 17.2 Å². The average molecular weight is 303 g/mol. The maximum atomic E-state index is 11.7. The van der Waals surface area contributed by atoms with Crippen LogP contribution in [0.3, 0.4) is 0 Å². The van der Waals surface area contributed by atoms with E-state index in [0.717, 1.165) is 0 Å². The molecular formula is C13H21NO5S. The molecule has 0 heterocycles. The number of methoxy groups -OCH3 is 3. The molecule has 0 atom stereocenters. The van der Waals surface area contributed by atoms with Gasteiger partial charge in [0.15, 0.2) is 0 Å². The molecule has 6 nitrogen and oxygen atoms in total. The zero-order valence-electron chi connectivity index (χ0n) is 12.2. The van der Waals surface area contributed by atoms with Crippen LogP contribution in [0.15, 0.2) is 12.1 Å². The molecule has 0 spiro atoms. The number of hydrogen-bond acceptors (Lipinski definition) is 5. The second-order valence-corrected chi connectivity index (χ2v) is 6.08. The van der Waals surface area contributed by atoms with Crippen LogP contribution in [0.4, 0.5) is 0 Å². The summed E-state index contributed by atoms with van der Waals surface area (Å²) in [5, 5.41) is 0. The van der Waals surface area contributed by atoms with Gasteiger partial charge in [0.25, 0.3) is 0 Å². The molecule has 20 heavy (non-hydrogen) atoms. The van der Waals surface area contributed by atoms with Crippen molar-refractivity contribution in [2.45, 2.75) is 19.9 Å². The summed E-state index contributed by atoms with van der Waals surface area (Å²) in [5.41, 5.74) is 0.635. The fraction of sp³-hybridized carbons (Fsp3) is 0.538. The van der Waals surface area contributed by atoms with Crippen LogP contribution in [0.2, 0.25) is 0 Å². The van der Waals surface area contributed by atoms with Gasteiger partial charge in [0.1, 0.15) is 17.2 Å². The first-order valence-electron chi connectivity index (χ1n) is 6.23. The zero-order valence-corrected chi connectivity index (χ0v) is 13.0. The Morgan fingerprint density at radius 2 is 1.60 bits per heavy atom. The van der Waals surface area contributed by atoms with Crippen LogP contribution < -0.4 is 18.9 Å². The van der Waals surface area contributed by atoms with E-state index in [2.05, 4.69) is 4.72 Å². The van der Waals surface area contributed by atoms with Crippen molar-refractivity contribution in [3.63, 3.8) is 0 Å². The summed E-state index contributed by atoms with van der Waals surface area (Å²) >= 11 is 0. The molecule has 0 saturated heterocycles. The van der Waals surface area contributed by atoms with Crippen molar-refractivity contribution in [3.05, 3.63) is 17.7 Å². The molecule has 0 bridgehead atoms. The third kappa shape index (κ3) is 4.28. The largest absolute Gasteiger partial charge is 0.496 e. The van der Waals surface area contributed by atoms with Gasteiger partial charge < -0.3 is 14.2 Å². The van der Waals surface area contributed by atoms with Gasteiger partial charge in [-0.1, -0.05) is 6.92 Å². The summed E-state index contributed by atoms with van der Waals surface area (Å²) < 4.78 is 41.6. The molecule has 0 radical (unpaired) electrons. The molecule has 0 aliphatic rings. The monoisotopic (exact) mass is 303 g/mol. The van der Waals surface area contributed by atoms with Gasteiger partial charge in [0.2, 0.25) is 10.0 Å². The number of sulfonamides is 1. The molecular weight excluding hydrogens is 282 g/mol. The predicted molar refractivity (Wildman–Crippen MR) is 77.0 cm³/mol. The van der Waals surface area contributed by atoms with Gasteiger partial charge in [0, 0.05) is 18.7 Å². The molecule has 0 aliphatic carbocycles. The van der Waals surface area contributed by atoms with E-state index < -0.39 is 10.0 Å². The first kappa shape index (κ1) is 16.6. The molecule has 7 heteroatoms. The Morgan fingerprint density at radius 3 is 2.00 bits per heavy atom. The Labute approximate surface area is 120 Å². The van der Waals surface area contributed by atoms with Crippen molar-refractivity contribution >= 4 is 10.0 Å². The predicted octanol–water partition coefficient (Wildman–Crippen LogP) is 1.54. The van der Waals surface area contributed by atoms with E-state index in [0.29, 0.717) is 29.2 Å². The topological polar surface area (TPSA) is 73.9 Å². The Hall–Kier alpha value is -1.47. The van der Waals surface area contributed by atoms with Gasteiger partial charge in [-0.05, 0) is 6.42 Å². The van der Waals surface area contributed by atoms with E-state index in [1.165, 1.54) is 21.3 Å². The maximum Gasteiger partial charge on any atom is 0.211 e. The van der Waals surface area contributed by atoms with Gasteiger partial charge >= 0.3 is 0 Å². The van der Waals surface area contributed by atoms with E-state index in [9.17, 15) is 8.42 Å². The first-order valence-corrected chi connectivity index (χ1v) is 7.88. The minimum Gasteiger partial charge on any atom is -0.496 e. The van der Waals surface area contributed by atoms with Gasteiger partial charge in [-0.2, -0.15) is 0 Å². The molecule has 0 aliphatic heterocycles. The molecule has 0 unspecified atom stereocenters. The Morgan fingerprint density at radius 1 is 1.05 bits per heavy atom. The molecule has 1 aromatic rings. The van der Waals surface area contributed by atoms with E-state index in [1.807, 2.05) is 6.92 Å². The van der Waals surface area contributed by atoms with Crippen LogP contribution >= 0.6 is 0 Å². The van der Waals surface area contributed by atoms with Gasteiger partial charge in [-0.25, -0.2) is 13.1 Å². The van der Waals surface area contributed by atoms with Crippen LogP contribution in [0, 0.1) is 0 Å². The second kappa shape index (κ2) is 7.35. The van der Waals surface area contributed by atoms with Crippen LogP contribution in [0.1, 0.15) is 18.9 Å². The highest BCUT2D eigenvalue weighted by atomic mass is 32.2. The summed E-state index contributed by atoms with van der Waals surface area (Å²) in [6, 6.07) is 3.37. The van der Waals surface area contributed by atoms with Crippen molar-refractivity contribution in [2.75, 3.05) is 27.1 Å². The van der Waals surface area contributed by atoms with Crippen LogP contribution in [-0.4, -0.2) is 35.5 Å². The third-order valence-corrected chi connectivity index (χ3v) is 4.29. The summed E-state index contributed by atoms with van der Waals surface area (Å²) in [4.78, 5) is 0. The molecule has 0 aromatic heterocycles. The standard InChI is InChI=1S/C13H21NO5S/c1-5-6-20(15,16)14-9-11-12(18-3)7-10(17-2)8-13(11)19-4/h7-8,14H,5-6,9H2,1-4H3. The quantitative estimate of drug-likeness (QED) is 0.788. The maximum absolute atomic E-state index is 11.7. The smallest absolute Gasteiger partial charge is 0.211 e. The first-order chi connectivity index (χ1) is 9.47. The summed E-state index contributed by atoms with van der Waals surface area (Å²) in [6.07, 6.45) is 0.562. The molecule has 1 aromatic carbocycles. The highest BCUT2D eigenvalue weighted by molar-refractivity contribution is 7.89. The molecule has 0 saturated carbocycles. The fourth-order valence-electron chi connectivity index (χ4n) is 1.78. The Balaban J connectivity index is 3.04. The van der Waals surface area contributed by atoms with Crippen molar-refractivity contribution in [1.82, 2.24) is 4.72 Å². The average Bonchev–Trinajstić information content (AvgIpc) is 2.44. The van der Waals surface area contributed by atoms with Crippen LogP contribution in [0.5, 0.6) is 17.2 Å². The SMILES string of the molecule is CCCS(=O)(=O)NCc1c(OC)cc(OC)cc1OC. The van der Waals surface area contributed by atoms with Crippen molar-refractivity contribution < 1.29 is 22.6 Å². The van der Waals surface area contributed by atoms with Gasteiger partial charge in [-0.15, -0.1) is 0 Å². The normalized spacial score (nSPS) is 11.2. The minimum absolute atomic E-state index is 0.0911. The van der Waals surface area contributed by atoms with Crippen molar-refractivity contribution in [2.24, 2.45) is 0 Å². The lowest BCUT2D eigenvalue weighted by atomic mass is 10.1. The van der Waals surface area contributed by atoms with E-state index >= 15 is 0 Å². The number of ether oxygens (including phenoxy) is 3. The molecule has 1 rings (SSSR count). The van der Waals surface area contributed by atoms with Crippen LogP contribution in [0.25, 0.3) is 0 Å². The number of rotatable bonds is 8. The Kier molecular flexibility index (Phi) is 6.09. The number of hydrogen-bond donors (Lipinski definition) is 1. The summed E-state index contributed by atoms with van der Waals surface area (Å²) in [6.45, 7) is 1.92. The van der Waals surface area contributed by atoms with E-state index in [1.54, 1.807) is 12.1 Å². The number of benzene rings is 1. The minimum atomic E-state index is -3.29. The third-order valence-electron chi connectivity index (χ3n) is 2.76. The highest BCUT2D eigenvalue weighted by Crippen LogP contribution is 2.33. The van der Waals surface area contributed by atoms with Gasteiger partial charge in [-0.3, -0.25) is 0 Å². The van der Waals surface area contributed by atoms with Crippen molar-refractivity contribution in [1.29, 1.82) is 0 Å². The van der Waals surface area contributed by atoms with Gasteiger partial charge in [0.05, 0.1) is 32.6 Å². The molecule has 0 fully saturated rings. The van der Waals surface area contributed by atoms with Crippen LogP contribution in [-0.2, 0) is 16.6 Å². The highest BCUT2D eigenvalue weighted by Gasteiger charge is 2.16. The molecule has 1 N–H and O–H groups in total. The summed E-state index contributed by atoms with van der Waals surface area (Å²) in [5.74, 6) is 1.70. The van der Waals surface area contributed by atoms with E-state index in [-0.39, 0.29) is 12.3 Å². The lowest BCUT2D eigenvalue weighted by Crippen LogP contribution is -2.26. The zero-order chi connectivity index (χ0) is 15.2. The Bertz CT molecular complexity index is 517. The lowest BCUT2D eigenvalue weighted by molar-refractivity contribution is 0.368. The molecule has 0 amide bonds.